The lowest BCUT2D eigenvalue weighted by atomic mass is 10.1. The highest BCUT2D eigenvalue weighted by Crippen LogP contribution is 2.13. The minimum Gasteiger partial charge on any atom is -0.371 e. The highest BCUT2D eigenvalue weighted by atomic mass is 16.5. The molecule has 10 heavy (non-hydrogen) atoms. The van der Waals surface area contributed by atoms with Crippen LogP contribution >= 0.6 is 0 Å². The van der Waals surface area contributed by atoms with Crippen LogP contribution in [0.2, 0.25) is 0 Å². The second-order valence-corrected chi connectivity index (χ2v) is 1.97. The zero-order valence-electron chi connectivity index (χ0n) is 5.40. The van der Waals surface area contributed by atoms with Crippen LogP contribution in [0.4, 0.5) is 0 Å². The lowest BCUT2D eigenvalue weighted by Gasteiger charge is -2.08. The van der Waals surface area contributed by atoms with E-state index in [4.69, 9.17) is 6.42 Å². The van der Waals surface area contributed by atoms with Crippen molar-refractivity contribution in [2.24, 2.45) is 0 Å². The molecule has 1 aromatic rings. The Morgan fingerprint density at radius 3 is 3.00 bits per heavy atom. The Morgan fingerprint density at radius 2 is 2.60 bits per heavy atom. The van der Waals surface area contributed by atoms with Crippen molar-refractivity contribution in [2.45, 2.75) is 12.5 Å². The van der Waals surface area contributed by atoms with Crippen LogP contribution in [0.15, 0.2) is 10.9 Å². The van der Waals surface area contributed by atoms with Gasteiger partial charge in [-0.3, -0.25) is 0 Å². The molecule has 0 aliphatic heterocycles. The molecule has 0 saturated heterocycles. The maximum Gasteiger partial charge on any atom is 0.215 e. The minimum absolute atomic E-state index is 0.106. The van der Waals surface area contributed by atoms with Crippen LogP contribution in [0.5, 0.6) is 0 Å². The number of hydrogen-bond donors (Lipinski definition) is 1. The summed E-state index contributed by atoms with van der Waals surface area (Å²) in [6.45, 7) is 1.41. The van der Waals surface area contributed by atoms with Crippen LogP contribution in [0.1, 0.15) is 12.7 Å². The summed E-state index contributed by atoms with van der Waals surface area (Å²) >= 11 is 0. The molecule has 1 aromatic heterocycles. The van der Waals surface area contributed by atoms with Gasteiger partial charge in [0.2, 0.25) is 12.2 Å². The fourth-order valence-corrected chi connectivity index (χ4v) is 0.450. The standard InChI is InChI=1S/C6H6N2O2/c1-3-6(2,9)5-7-4-10-8-5/h1,4,9H,2H3. The molecule has 0 radical (unpaired) electrons. The van der Waals surface area contributed by atoms with Crippen molar-refractivity contribution in [3.8, 4) is 12.3 Å². The molecule has 0 spiro atoms. The van der Waals surface area contributed by atoms with Gasteiger partial charge in [-0.25, -0.2) is 0 Å². The average molecular weight is 138 g/mol. The molecule has 0 bridgehead atoms. The van der Waals surface area contributed by atoms with Crippen LogP contribution < -0.4 is 0 Å². The first-order valence-electron chi connectivity index (χ1n) is 2.64. The highest BCUT2D eigenvalue weighted by Gasteiger charge is 2.24. The molecular weight excluding hydrogens is 132 g/mol. The fraction of sp³-hybridized carbons (Fsp3) is 0.333. The second-order valence-electron chi connectivity index (χ2n) is 1.97. The molecule has 1 rings (SSSR count). The zero-order chi connectivity index (χ0) is 7.61. The van der Waals surface area contributed by atoms with Crippen molar-refractivity contribution in [1.82, 2.24) is 10.1 Å². The zero-order valence-corrected chi connectivity index (χ0v) is 5.40. The number of hydrogen-bond acceptors (Lipinski definition) is 4. The molecule has 1 heterocycles. The molecule has 0 saturated carbocycles. The molecular formula is C6H6N2O2. The largest absolute Gasteiger partial charge is 0.371 e. The Balaban J connectivity index is 2.99. The summed E-state index contributed by atoms with van der Waals surface area (Å²) in [6, 6.07) is 0. The van der Waals surface area contributed by atoms with E-state index in [1.54, 1.807) is 0 Å². The van der Waals surface area contributed by atoms with Gasteiger partial charge in [-0.15, -0.1) is 6.42 Å². The summed E-state index contributed by atoms with van der Waals surface area (Å²) in [5, 5.41) is 12.6. The Bertz CT molecular complexity index is 245. The molecule has 4 heteroatoms. The van der Waals surface area contributed by atoms with Crippen molar-refractivity contribution in [3.05, 3.63) is 12.2 Å². The normalized spacial score (nSPS) is 15.7. The Morgan fingerprint density at radius 1 is 1.90 bits per heavy atom. The first-order chi connectivity index (χ1) is 4.67. The van der Waals surface area contributed by atoms with Gasteiger partial charge in [-0.05, 0) is 6.92 Å². The Kier molecular flexibility index (Phi) is 1.44. The SMILES string of the molecule is C#CC(C)(O)c1ncon1. The molecule has 4 nitrogen and oxygen atoms in total. The quantitative estimate of drug-likeness (QED) is 0.551. The molecule has 1 unspecified atom stereocenters. The molecule has 1 N–H and O–H groups in total. The van der Waals surface area contributed by atoms with Gasteiger partial charge in [0.1, 0.15) is 0 Å². The lowest BCUT2D eigenvalue weighted by molar-refractivity contribution is 0.109. The smallest absolute Gasteiger partial charge is 0.215 e. The second kappa shape index (κ2) is 2.12. The predicted molar refractivity (Wildman–Crippen MR) is 32.7 cm³/mol. The van der Waals surface area contributed by atoms with Gasteiger partial charge in [-0.1, -0.05) is 11.1 Å². The van der Waals surface area contributed by atoms with Gasteiger partial charge in [-0.2, -0.15) is 4.98 Å². The number of aromatic nitrogens is 2. The number of rotatable bonds is 1. The third kappa shape index (κ3) is 0.993. The minimum atomic E-state index is -1.42. The van der Waals surface area contributed by atoms with E-state index in [1.165, 1.54) is 6.92 Å². The third-order valence-corrected chi connectivity index (χ3v) is 1.08. The van der Waals surface area contributed by atoms with Gasteiger partial charge in [0.15, 0.2) is 5.60 Å². The van der Waals surface area contributed by atoms with Crippen molar-refractivity contribution in [2.75, 3.05) is 0 Å². The molecule has 52 valence electrons. The summed E-state index contributed by atoms with van der Waals surface area (Å²) in [7, 11) is 0. The third-order valence-electron chi connectivity index (χ3n) is 1.08. The van der Waals surface area contributed by atoms with Gasteiger partial charge in [0, 0.05) is 0 Å². The van der Waals surface area contributed by atoms with E-state index >= 15 is 0 Å². The van der Waals surface area contributed by atoms with E-state index in [2.05, 4.69) is 20.6 Å². The maximum absolute atomic E-state index is 9.26. The number of aliphatic hydroxyl groups is 1. The van der Waals surface area contributed by atoms with E-state index in [0.717, 1.165) is 6.39 Å². The van der Waals surface area contributed by atoms with Gasteiger partial charge < -0.3 is 9.63 Å². The van der Waals surface area contributed by atoms with Crippen LogP contribution in [-0.2, 0) is 5.60 Å². The Hall–Kier alpha value is -1.34. The van der Waals surface area contributed by atoms with Gasteiger partial charge in [0.05, 0.1) is 0 Å². The summed E-state index contributed by atoms with van der Waals surface area (Å²) in [5.74, 6) is 2.22. The molecule has 0 aromatic carbocycles. The topological polar surface area (TPSA) is 59.2 Å². The van der Waals surface area contributed by atoms with Crippen LogP contribution in [0.3, 0.4) is 0 Å². The molecule has 0 aliphatic carbocycles. The molecule has 0 fully saturated rings. The maximum atomic E-state index is 9.26. The summed E-state index contributed by atoms with van der Waals surface area (Å²) in [6.07, 6.45) is 6.09. The average Bonchev–Trinajstić information content (AvgIpc) is 2.38. The van der Waals surface area contributed by atoms with Crippen molar-refractivity contribution in [3.63, 3.8) is 0 Å². The Labute approximate surface area is 57.9 Å². The predicted octanol–water partition coefficient (Wildman–Crippen LogP) is -0.0897. The van der Waals surface area contributed by atoms with E-state index in [1.807, 2.05) is 0 Å². The first-order valence-corrected chi connectivity index (χ1v) is 2.64. The van der Waals surface area contributed by atoms with Crippen molar-refractivity contribution >= 4 is 0 Å². The van der Waals surface area contributed by atoms with Crippen molar-refractivity contribution < 1.29 is 9.63 Å². The molecule has 0 aliphatic rings. The highest BCUT2D eigenvalue weighted by molar-refractivity contribution is 5.13. The van der Waals surface area contributed by atoms with Gasteiger partial charge in [0.25, 0.3) is 0 Å². The van der Waals surface area contributed by atoms with Gasteiger partial charge >= 0.3 is 0 Å². The van der Waals surface area contributed by atoms with E-state index < -0.39 is 5.60 Å². The van der Waals surface area contributed by atoms with E-state index in [9.17, 15) is 5.11 Å². The van der Waals surface area contributed by atoms with E-state index in [-0.39, 0.29) is 5.82 Å². The summed E-state index contributed by atoms with van der Waals surface area (Å²) < 4.78 is 4.39. The van der Waals surface area contributed by atoms with Crippen LogP contribution in [0.25, 0.3) is 0 Å². The summed E-state index contributed by atoms with van der Waals surface area (Å²) in [4.78, 5) is 3.59. The molecule has 1 atom stereocenters. The number of nitrogens with zero attached hydrogens (tertiary/aromatic N) is 2. The lowest BCUT2D eigenvalue weighted by Crippen LogP contribution is -2.19. The summed E-state index contributed by atoms with van der Waals surface area (Å²) in [5.41, 5.74) is -1.42. The van der Waals surface area contributed by atoms with Crippen LogP contribution in [-0.4, -0.2) is 15.2 Å². The van der Waals surface area contributed by atoms with Crippen molar-refractivity contribution in [1.29, 1.82) is 0 Å². The van der Waals surface area contributed by atoms with Crippen LogP contribution in [0, 0.1) is 12.3 Å². The fourth-order valence-electron chi connectivity index (χ4n) is 0.450. The monoisotopic (exact) mass is 138 g/mol. The van der Waals surface area contributed by atoms with E-state index in [0.29, 0.717) is 0 Å². The first kappa shape index (κ1) is 6.78. The molecule has 0 amide bonds. The number of terminal acetylenes is 1.